The maximum Gasteiger partial charge on any atom is 0.342 e. The summed E-state index contributed by atoms with van der Waals surface area (Å²) < 4.78 is 5.59. The van der Waals surface area contributed by atoms with E-state index in [1.165, 1.54) is 0 Å². The molecule has 0 spiro atoms. The number of amidine groups is 1. The molecule has 0 bridgehead atoms. The molecule has 0 aliphatic rings. The van der Waals surface area contributed by atoms with Gasteiger partial charge in [0.15, 0.2) is 5.58 Å². The van der Waals surface area contributed by atoms with E-state index in [0.29, 0.717) is 11.4 Å². The Morgan fingerprint density at radius 2 is 1.63 bits per heavy atom. The normalized spacial score (nSPS) is 12.0. The van der Waals surface area contributed by atoms with Crippen molar-refractivity contribution in [2.45, 2.75) is 6.92 Å². The SMILES string of the molecule is Cc1ccccc1NN=C(N=Nc1nc2ccccc2o1)c1ccccc1. The summed E-state index contributed by atoms with van der Waals surface area (Å²) in [4.78, 5) is 4.31. The van der Waals surface area contributed by atoms with Gasteiger partial charge in [0.1, 0.15) is 5.52 Å². The second kappa shape index (κ2) is 7.61. The van der Waals surface area contributed by atoms with Gasteiger partial charge in [-0.25, -0.2) is 0 Å². The highest BCUT2D eigenvalue weighted by molar-refractivity contribution is 5.99. The highest BCUT2D eigenvalue weighted by atomic mass is 16.4. The summed E-state index contributed by atoms with van der Waals surface area (Å²) in [6.45, 7) is 2.01. The van der Waals surface area contributed by atoms with Crippen molar-refractivity contribution in [3.8, 4) is 0 Å². The summed E-state index contributed by atoms with van der Waals surface area (Å²) in [6, 6.07) is 25.2. The minimum absolute atomic E-state index is 0.190. The molecule has 3 aromatic carbocycles. The number of hydrazone groups is 1. The second-order valence-electron chi connectivity index (χ2n) is 5.89. The van der Waals surface area contributed by atoms with Crippen LogP contribution in [0.15, 0.2) is 98.6 Å². The van der Waals surface area contributed by atoms with E-state index in [2.05, 4.69) is 25.7 Å². The Labute approximate surface area is 156 Å². The summed E-state index contributed by atoms with van der Waals surface area (Å²) in [7, 11) is 0. The Bertz CT molecular complexity index is 1080. The van der Waals surface area contributed by atoms with E-state index >= 15 is 0 Å². The van der Waals surface area contributed by atoms with Crippen molar-refractivity contribution in [2.75, 3.05) is 5.43 Å². The van der Waals surface area contributed by atoms with Crippen molar-refractivity contribution in [1.82, 2.24) is 4.98 Å². The van der Waals surface area contributed by atoms with Gasteiger partial charge in [0.05, 0.1) is 5.69 Å². The Morgan fingerprint density at radius 1 is 0.889 bits per heavy atom. The molecule has 132 valence electrons. The van der Waals surface area contributed by atoms with E-state index < -0.39 is 0 Å². The standard InChI is InChI=1S/C21H17N5O/c1-15-9-5-6-12-17(15)23-24-20(16-10-3-2-4-11-16)25-26-21-22-18-13-7-8-14-19(18)27-21/h2-14,23H,1H3. The molecular formula is C21H17N5O. The fraction of sp³-hybridized carbons (Fsp3) is 0.0476. The first kappa shape index (κ1) is 16.7. The molecular weight excluding hydrogens is 338 g/mol. The number of nitrogens with one attached hydrogen (secondary N) is 1. The first-order chi connectivity index (χ1) is 13.3. The lowest BCUT2D eigenvalue weighted by Crippen LogP contribution is -2.01. The predicted molar refractivity (Wildman–Crippen MR) is 106 cm³/mol. The lowest BCUT2D eigenvalue weighted by atomic mass is 10.2. The maximum absolute atomic E-state index is 5.59. The van der Waals surface area contributed by atoms with E-state index in [9.17, 15) is 0 Å². The molecule has 6 nitrogen and oxygen atoms in total. The van der Waals surface area contributed by atoms with Crippen LogP contribution in [0.3, 0.4) is 0 Å². The number of anilines is 1. The van der Waals surface area contributed by atoms with Crippen LogP contribution in [0.4, 0.5) is 11.7 Å². The van der Waals surface area contributed by atoms with Crippen molar-refractivity contribution < 1.29 is 4.42 Å². The summed E-state index contributed by atoms with van der Waals surface area (Å²) in [6.07, 6.45) is 0. The van der Waals surface area contributed by atoms with Gasteiger partial charge in [-0.3, -0.25) is 5.43 Å². The quantitative estimate of drug-likeness (QED) is 0.221. The minimum Gasteiger partial charge on any atom is -0.421 e. The Balaban J connectivity index is 1.65. The molecule has 0 unspecified atom stereocenters. The predicted octanol–water partition coefficient (Wildman–Crippen LogP) is 5.69. The third-order valence-electron chi connectivity index (χ3n) is 3.97. The van der Waals surface area contributed by atoms with Crippen LogP contribution in [0.1, 0.15) is 11.1 Å². The largest absolute Gasteiger partial charge is 0.421 e. The zero-order chi connectivity index (χ0) is 18.5. The lowest BCUT2D eigenvalue weighted by Gasteiger charge is -2.05. The molecule has 1 heterocycles. The van der Waals surface area contributed by atoms with Crippen molar-refractivity contribution in [3.63, 3.8) is 0 Å². The van der Waals surface area contributed by atoms with Crippen molar-refractivity contribution in [2.24, 2.45) is 15.3 Å². The highest BCUT2D eigenvalue weighted by Crippen LogP contribution is 2.21. The molecule has 0 fully saturated rings. The molecule has 4 aromatic rings. The zero-order valence-corrected chi connectivity index (χ0v) is 14.7. The molecule has 6 heteroatoms. The van der Waals surface area contributed by atoms with E-state index in [0.717, 1.165) is 22.3 Å². The number of fused-ring (bicyclic) bond motifs is 1. The molecule has 0 atom stereocenters. The number of oxazole rings is 1. The zero-order valence-electron chi connectivity index (χ0n) is 14.7. The van der Waals surface area contributed by atoms with Gasteiger partial charge in [-0.05, 0) is 30.7 Å². The number of hydrogen-bond donors (Lipinski definition) is 1. The van der Waals surface area contributed by atoms with Crippen molar-refractivity contribution in [3.05, 3.63) is 90.0 Å². The van der Waals surface area contributed by atoms with Gasteiger partial charge in [0.25, 0.3) is 0 Å². The summed E-state index contributed by atoms with van der Waals surface area (Å²) in [5.41, 5.74) is 7.29. The number of aryl methyl sites for hydroxylation is 1. The number of hydrogen-bond acceptors (Lipinski definition) is 5. The second-order valence-corrected chi connectivity index (χ2v) is 5.89. The van der Waals surface area contributed by atoms with E-state index in [4.69, 9.17) is 4.42 Å². The molecule has 1 N–H and O–H groups in total. The third-order valence-corrected chi connectivity index (χ3v) is 3.97. The van der Waals surface area contributed by atoms with Crippen molar-refractivity contribution in [1.29, 1.82) is 0 Å². The van der Waals surface area contributed by atoms with Crippen LogP contribution in [0.2, 0.25) is 0 Å². The van der Waals surface area contributed by atoms with Crippen LogP contribution in [-0.4, -0.2) is 10.8 Å². The fourth-order valence-corrected chi connectivity index (χ4v) is 2.54. The molecule has 0 saturated carbocycles. The summed E-state index contributed by atoms with van der Waals surface area (Å²) in [5, 5.41) is 12.8. The van der Waals surface area contributed by atoms with Gasteiger partial charge in [-0.15, -0.1) is 5.11 Å². The lowest BCUT2D eigenvalue weighted by molar-refractivity contribution is 0.607. The van der Waals surface area contributed by atoms with Crippen LogP contribution in [0, 0.1) is 6.92 Å². The van der Waals surface area contributed by atoms with Gasteiger partial charge in [0.2, 0.25) is 5.84 Å². The van der Waals surface area contributed by atoms with Crippen LogP contribution in [0.5, 0.6) is 0 Å². The molecule has 0 aliphatic heterocycles. The molecule has 0 radical (unpaired) electrons. The first-order valence-electron chi connectivity index (χ1n) is 8.52. The maximum atomic E-state index is 5.59. The number of aromatic nitrogens is 1. The number of rotatable bonds is 4. The van der Waals surface area contributed by atoms with Crippen LogP contribution in [-0.2, 0) is 0 Å². The van der Waals surface area contributed by atoms with Gasteiger partial charge < -0.3 is 4.42 Å². The van der Waals surface area contributed by atoms with Crippen LogP contribution < -0.4 is 5.43 Å². The van der Waals surface area contributed by atoms with Gasteiger partial charge in [-0.1, -0.05) is 65.8 Å². The topological polar surface area (TPSA) is 75.1 Å². The smallest absolute Gasteiger partial charge is 0.342 e. The number of nitrogens with zero attached hydrogens (tertiary/aromatic N) is 4. The van der Waals surface area contributed by atoms with E-state index in [1.807, 2.05) is 85.8 Å². The first-order valence-corrected chi connectivity index (χ1v) is 8.52. The van der Waals surface area contributed by atoms with Crippen molar-refractivity contribution >= 4 is 28.6 Å². The summed E-state index contributed by atoms with van der Waals surface area (Å²) >= 11 is 0. The number of azo groups is 1. The Hall–Kier alpha value is -3.80. The van der Waals surface area contributed by atoms with E-state index in [1.54, 1.807) is 0 Å². The molecule has 0 amide bonds. The molecule has 27 heavy (non-hydrogen) atoms. The van der Waals surface area contributed by atoms with Gasteiger partial charge in [-0.2, -0.15) is 10.1 Å². The van der Waals surface area contributed by atoms with Gasteiger partial charge in [0, 0.05) is 5.56 Å². The van der Waals surface area contributed by atoms with Crippen LogP contribution in [0.25, 0.3) is 11.1 Å². The molecule has 0 aliphatic carbocycles. The number of para-hydroxylation sites is 3. The van der Waals surface area contributed by atoms with E-state index in [-0.39, 0.29) is 6.01 Å². The summed E-state index contributed by atoms with van der Waals surface area (Å²) in [5.74, 6) is 0.432. The number of benzene rings is 3. The molecule has 1 aromatic heterocycles. The molecule has 4 rings (SSSR count). The average Bonchev–Trinajstić information content (AvgIpc) is 3.13. The highest BCUT2D eigenvalue weighted by Gasteiger charge is 2.06. The Morgan fingerprint density at radius 3 is 2.44 bits per heavy atom. The Kier molecular flexibility index (Phi) is 4.70. The minimum atomic E-state index is 0.190. The fourth-order valence-electron chi connectivity index (χ4n) is 2.54. The molecule has 0 saturated heterocycles. The van der Waals surface area contributed by atoms with Crippen LogP contribution >= 0.6 is 0 Å². The monoisotopic (exact) mass is 355 g/mol. The van der Waals surface area contributed by atoms with Gasteiger partial charge >= 0.3 is 6.01 Å². The average molecular weight is 355 g/mol. The third kappa shape index (κ3) is 3.90.